The lowest BCUT2D eigenvalue weighted by Gasteiger charge is -2.35. The van der Waals surface area contributed by atoms with Crippen LogP contribution in [0.4, 0.5) is 0 Å². The molecule has 2 rings (SSSR count). The average molecular weight is 258 g/mol. The van der Waals surface area contributed by atoms with Crippen molar-refractivity contribution in [1.82, 2.24) is 20.3 Å². The summed E-state index contributed by atoms with van der Waals surface area (Å²) in [5, 5.41) is 11.6. The lowest BCUT2D eigenvalue weighted by molar-refractivity contribution is 0.337. The summed E-state index contributed by atoms with van der Waals surface area (Å²) in [6.45, 7) is 7.54. The van der Waals surface area contributed by atoms with E-state index >= 15 is 0 Å². The molecule has 0 aliphatic rings. The summed E-state index contributed by atoms with van der Waals surface area (Å²) in [6.07, 6.45) is 1.85. The second kappa shape index (κ2) is 5.53. The van der Waals surface area contributed by atoms with Gasteiger partial charge in [0.15, 0.2) is 0 Å². The Morgan fingerprint density at radius 1 is 1.26 bits per heavy atom. The molecule has 4 nitrogen and oxygen atoms in total. The highest BCUT2D eigenvalue weighted by molar-refractivity contribution is 5.28. The van der Waals surface area contributed by atoms with Gasteiger partial charge in [0.2, 0.25) is 0 Å². The predicted molar refractivity (Wildman–Crippen MR) is 76.9 cm³/mol. The molecule has 4 heteroatoms. The van der Waals surface area contributed by atoms with Gasteiger partial charge in [-0.25, -0.2) is 0 Å². The quantitative estimate of drug-likeness (QED) is 0.895. The third kappa shape index (κ3) is 2.68. The number of nitrogens with zero attached hydrogens (tertiary/aromatic N) is 3. The predicted octanol–water partition coefficient (Wildman–Crippen LogP) is 2.44. The molecule has 1 aromatic heterocycles. The van der Waals surface area contributed by atoms with E-state index in [4.69, 9.17) is 0 Å². The summed E-state index contributed by atoms with van der Waals surface area (Å²) in [5.41, 5.74) is 2.38. The number of hydrogen-bond acceptors (Lipinski definition) is 3. The highest BCUT2D eigenvalue weighted by Crippen LogP contribution is 2.36. The first-order chi connectivity index (χ1) is 9.07. The van der Waals surface area contributed by atoms with Crippen molar-refractivity contribution in [2.45, 2.75) is 32.2 Å². The van der Waals surface area contributed by atoms with Gasteiger partial charge in [-0.2, -0.15) is 0 Å². The van der Waals surface area contributed by atoms with Crippen LogP contribution in [-0.2, 0) is 12.5 Å². The lowest BCUT2D eigenvalue weighted by atomic mass is 9.76. The molecule has 19 heavy (non-hydrogen) atoms. The SMILES string of the molecule is CCNC(c1cnnn1C)C(C)(C)c1ccccc1. The van der Waals surface area contributed by atoms with Crippen LogP contribution >= 0.6 is 0 Å². The van der Waals surface area contributed by atoms with E-state index in [1.54, 1.807) is 0 Å². The standard InChI is InChI=1S/C15H22N4/c1-5-16-14(13-11-17-18-19(13)4)15(2,3)12-9-7-6-8-10-12/h6-11,14,16H,5H2,1-4H3. The first kappa shape index (κ1) is 13.7. The van der Waals surface area contributed by atoms with Crippen LogP contribution in [0.3, 0.4) is 0 Å². The van der Waals surface area contributed by atoms with E-state index in [-0.39, 0.29) is 11.5 Å². The number of benzene rings is 1. The van der Waals surface area contributed by atoms with E-state index in [1.165, 1.54) is 5.56 Å². The van der Waals surface area contributed by atoms with Crippen LogP contribution < -0.4 is 5.32 Å². The Morgan fingerprint density at radius 3 is 2.47 bits per heavy atom. The van der Waals surface area contributed by atoms with Crippen LogP contribution in [0.1, 0.15) is 38.1 Å². The van der Waals surface area contributed by atoms with Crippen LogP contribution in [0.15, 0.2) is 36.5 Å². The Morgan fingerprint density at radius 2 is 1.95 bits per heavy atom. The van der Waals surface area contributed by atoms with Gasteiger partial charge in [-0.3, -0.25) is 4.68 Å². The molecule has 102 valence electrons. The summed E-state index contributed by atoms with van der Waals surface area (Å²) in [4.78, 5) is 0. The van der Waals surface area contributed by atoms with E-state index in [0.29, 0.717) is 0 Å². The number of nitrogens with one attached hydrogen (secondary N) is 1. The van der Waals surface area contributed by atoms with Gasteiger partial charge in [0.1, 0.15) is 0 Å². The molecule has 0 saturated carbocycles. The second-order valence-electron chi connectivity index (χ2n) is 5.36. The van der Waals surface area contributed by atoms with Crippen molar-refractivity contribution < 1.29 is 0 Å². The third-order valence-corrected chi connectivity index (χ3v) is 3.69. The summed E-state index contributed by atoms with van der Waals surface area (Å²) >= 11 is 0. The third-order valence-electron chi connectivity index (χ3n) is 3.69. The normalized spacial score (nSPS) is 13.5. The molecule has 0 bridgehead atoms. The van der Waals surface area contributed by atoms with Crippen LogP contribution in [-0.4, -0.2) is 21.5 Å². The Kier molecular flexibility index (Phi) is 4.00. The first-order valence-corrected chi connectivity index (χ1v) is 6.71. The lowest BCUT2D eigenvalue weighted by Crippen LogP contribution is -2.38. The number of rotatable bonds is 5. The van der Waals surface area contributed by atoms with Gasteiger partial charge in [0.05, 0.1) is 17.9 Å². The molecule has 1 N–H and O–H groups in total. The fourth-order valence-electron chi connectivity index (χ4n) is 2.53. The maximum Gasteiger partial charge on any atom is 0.0762 e. The first-order valence-electron chi connectivity index (χ1n) is 6.71. The molecule has 0 aliphatic carbocycles. The zero-order valence-electron chi connectivity index (χ0n) is 12.1. The van der Waals surface area contributed by atoms with Gasteiger partial charge in [0, 0.05) is 12.5 Å². The number of hydrogen-bond donors (Lipinski definition) is 1. The molecule has 0 radical (unpaired) electrons. The largest absolute Gasteiger partial charge is 0.308 e. The number of likely N-dealkylation sites (N-methyl/N-ethyl adjacent to an activating group) is 1. The van der Waals surface area contributed by atoms with Crippen molar-refractivity contribution in [2.24, 2.45) is 7.05 Å². The summed E-state index contributed by atoms with van der Waals surface area (Å²) in [7, 11) is 1.94. The molecule has 1 unspecified atom stereocenters. The molecule has 0 amide bonds. The minimum atomic E-state index is -0.0350. The van der Waals surface area contributed by atoms with Crippen LogP contribution in [0.25, 0.3) is 0 Å². The molecular formula is C15H22N4. The molecule has 2 aromatic rings. The number of aryl methyl sites for hydroxylation is 1. The Labute approximate surface area is 114 Å². The highest BCUT2D eigenvalue weighted by Gasteiger charge is 2.33. The van der Waals surface area contributed by atoms with E-state index in [9.17, 15) is 0 Å². The number of aromatic nitrogens is 3. The molecule has 1 aromatic carbocycles. The zero-order valence-corrected chi connectivity index (χ0v) is 12.1. The highest BCUT2D eigenvalue weighted by atomic mass is 15.4. The molecule has 0 aliphatic heterocycles. The van der Waals surface area contributed by atoms with Crippen molar-refractivity contribution in [1.29, 1.82) is 0 Å². The maximum absolute atomic E-state index is 4.05. The fourth-order valence-corrected chi connectivity index (χ4v) is 2.53. The van der Waals surface area contributed by atoms with Gasteiger partial charge in [-0.1, -0.05) is 56.3 Å². The van der Waals surface area contributed by atoms with Crippen molar-refractivity contribution in [2.75, 3.05) is 6.54 Å². The Balaban J connectivity index is 2.41. The monoisotopic (exact) mass is 258 g/mol. The van der Waals surface area contributed by atoms with E-state index in [0.717, 1.165) is 12.2 Å². The molecule has 1 atom stereocenters. The van der Waals surface area contributed by atoms with E-state index < -0.39 is 0 Å². The van der Waals surface area contributed by atoms with Crippen LogP contribution in [0.5, 0.6) is 0 Å². The minimum Gasteiger partial charge on any atom is -0.308 e. The molecule has 0 fully saturated rings. The molecule has 0 spiro atoms. The zero-order chi connectivity index (χ0) is 13.9. The topological polar surface area (TPSA) is 42.7 Å². The summed E-state index contributed by atoms with van der Waals surface area (Å²) < 4.78 is 1.85. The Bertz CT molecular complexity index is 516. The van der Waals surface area contributed by atoms with Gasteiger partial charge in [-0.15, -0.1) is 5.10 Å². The molecule has 1 heterocycles. The smallest absolute Gasteiger partial charge is 0.0762 e. The van der Waals surface area contributed by atoms with Crippen molar-refractivity contribution in [3.63, 3.8) is 0 Å². The minimum absolute atomic E-state index is 0.0350. The van der Waals surface area contributed by atoms with Gasteiger partial charge < -0.3 is 5.32 Å². The molecular weight excluding hydrogens is 236 g/mol. The van der Waals surface area contributed by atoms with Crippen molar-refractivity contribution in [3.05, 3.63) is 47.8 Å². The van der Waals surface area contributed by atoms with E-state index in [2.05, 4.69) is 60.7 Å². The van der Waals surface area contributed by atoms with E-state index in [1.807, 2.05) is 24.0 Å². The Hall–Kier alpha value is -1.68. The van der Waals surface area contributed by atoms with Crippen molar-refractivity contribution >= 4 is 0 Å². The van der Waals surface area contributed by atoms with Crippen LogP contribution in [0.2, 0.25) is 0 Å². The molecule has 0 saturated heterocycles. The van der Waals surface area contributed by atoms with Crippen LogP contribution in [0, 0.1) is 0 Å². The van der Waals surface area contributed by atoms with Gasteiger partial charge in [-0.05, 0) is 12.1 Å². The fraction of sp³-hybridized carbons (Fsp3) is 0.467. The van der Waals surface area contributed by atoms with Gasteiger partial charge in [0.25, 0.3) is 0 Å². The maximum atomic E-state index is 4.05. The summed E-state index contributed by atoms with van der Waals surface area (Å²) in [6, 6.07) is 10.7. The second-order valence-corrected chi connectivity index (χ2v) is 5.36. The van der Waals surface area contributed by atoms with Gasteiger partial charge >= 0.3 is 0 Å². The van der Waals surface area contributed by atoms with Crippen molar-refractivity contribution in [3.8, 4) is 0 Å². The average Bonchev–Trinajstić information content (AvgIpc) is 2.83. The summed E-state index contributed by atoms with van der Waals surface area (Å²) in [5.74, 6) is 0.